The predicted molar refractivity (Wildman–Crippen MR) is 62.2 cm³/mol. The van der Waals surface area contributed by atoms with Crippen LogP contribution in [-0.2, 0) is 9.59 Å². The molecule has 0 saturated carbocycles. The standard InChI is InChI=1S/C11H22N2O3/c1-6-13(11(4,5)10(15)16)9(14)7-12-8(2)3/h8,12H,6-7H2,1-5H3,(H,15,16). The molecule has 0 saturated heterocycles. The first-order valence-corrected chi connectivity index (χ1v) is 5.50. The van der Waals surface area contributed by atoms with E-state index in [4.69, 9.17) is 5.11 Å². The average molecular weight is 230 g/mol. The Morgan fingerprint density at radius 3 is 2.19 bits per heavy atom. The number of hydrogen-bond donors (Lipinski definition) is 2. The molecule has 1 amide bonds. The van der Waals surface area contributed by atoms with Crippen molar-refractivity contribution in [3.63, 3.8) is 0 Å². The Hall–Kier alpha value is -1.10. The van der Waals surface area contributed by atoms with Crippen LogP contribution in [0.25, 0.3) is 0 Å². The molecule has 0 aliphatic carbocycles. The number of hydrogen-bond acceptors (Lipinski definition) is 3. The summed E-state index contributed by atoms with van der Waals surface area (Å²) in [4.78, 5) is 24.2. The summed E-state index contributed by atoms with van der Waals surface area (Å²) < 4.78 is 0. The van der Waals surface area contributed by atoms with Crippen LogP contribution in [0.1, 0.15) is 34.6 Å². The lowest BCUT2D eigenvalue weighted by molar-refractivity contribution is -0.156. The highest BCUT2D eigenvalue weighted by molar-refractivity contribution is 5.87. The van der Waals surface area contributed by atoms with E-state index in [9.17, 15) is 9.59 Å². The monoisotopic (exact) mass is 230 g/mol. The van der Waals surface area contributed by atoms with Gasteiger partial charge in [0.15, 0.2) is 0 Å². The number of nitrogens with one attached hydrogen (secondary N) is 1. The summed E-state index contributed by atoms with van der Waals surface area (Å²) in [5.74, 6) is -1.18. The van der Waals surface area contributed by atoms with Crippen molar-refractivity contribution in [1.29, 1.82) is 0 Å². The van der Waals surface area contributed by atoms with Crippen molar-refractivity contribution in [3.8, 4) is 0 Å². The summed E-state index contributed by atoms with van der Waals surface area (Å²) >= 11 is 0. The van der Waals surface area contributed by atoms with Crippen molar-refractivity contribution in [2.75, 3.05) is 13.1 Å². The molecule has 5 heteroatoms. The van der Waals surface area contributed by atoms with Crippen LogP contribution < -0.4 is 5.32 Å². The SMILES string of the molecule is CCN(C(=O)CNC(C)C)C(C)(C)C(=O)O. The van der Waals surface area contributed by atoms with Gasteiger partial charge in [-0.25, -0.2) is 4.79 Å². The summed E-state index contributed by atoms with van der Waals surface area (Å²) in [6.45, 7) is 9.27. The topological polar surface area (TPSA) is 69.6 Å². The van der Waals surface area contributed by atoms with Crippen molar-refractivity contribution >= 4 is 11.9 Å². The van der Waals surface area contributed by atoms with E-state index >= 15 is 0 Å². The fraction of sp³-hybridized carbons (Fsp3) is 0.818. The van der Waals surface area contributed by atoms with E-state index in [0.29, 0.717) is 6.54 Å². The summed E-state index contributed by atoms with van der Waals surface area (Å²) in [6, 6.07) is 0.204. The van der Waals surface area contributed by atoms with Gasteiger partial charge in [0.05, 0.1) is 6.54 Å². The van der Waals surface area contributed by atoms with Crippen molar-refractivity contribution in [2.45, 2.75) is 46.2 Å². The van der Waals surface area contributed by atoms with Gasteiger partial charge in [0.2, 0.25) is 5.91 Å². The highest BCUT2D eigenvalue weighted by atomic mass is 16.4. The second kappa shape index (κ2) is 5.84. The number of carbonyl (C=O) groups excluding carboxylic acids is 1. The maximum Gasteiger partial charge on any atom is 0.329 e. The molecule has 2 N–H and O–H groups in total. The van der Waals surface area contributed by atoms with E-state index in [-0.39, 0.29) is 18.5 Å². The summed E-state index contributed by atoms with van der Waals surface area (Å²) in [5, 5.41) is 12.0. The molecule has 94 valence electrons. The largest absolute Gasteiger partial charge is 0.480 e. The minimum absolute atomic E-state index is 0.169. The number of amides is 1. The minimum Gasteiger partial charge on any atom is -0.480 e. The third-order valence-electron chi connectivity index (χ3n) is 2.48. The fourth-order valence-corrected chi connectivity index (χ4v) is 1.39. The molecule has 0 rings (SSSR count). The van der Waals surface area contributed by atoms with Gasteiger partial charge in [-0.1, -0.05) is 13.8 Å². The number of rotatable bonds is 6. The lowest BCUT2D eigenvalue weighted by Crippen LogP contribution is -2.55. The predicted octanol–water partition coefficient (Wildman–Crippen LogP) is 0.696. The van der Waals surface area contributed by atoms with Crippen LogP contribution in [-0.4, -0.2) is 46.6 Å². The molecule has 0 radical (unpaired) electrons. The van der Waals surface area contributed by atoms with Gasteiger partial charge in [-0.2, -0.15) is 0 Å². The Balaban J connectivity index is 4.61. The molecular weight excluding hydrogens is 208 g/mol. The molecular formula is C11H22N2O3. The van der Waals surface area contributed by atoms with Gasteiger partial charge in [0, 0.05) is 12.6 Å². The van der Waals surface area contributed by atoms with Crippen molar-refractivity contribution in [2.24, 2.45) is 0 Å². The lowest BCUT2D eigenvalue weighted by Gasteiger charge is -2.34. The Kier molecular flexibility index (Phi) is 5.44. The smallest absolute Gasteiger partial charge is 0.329 e. The quantitative estimate of drug-likeness (QED) is 0.704. The number of carboxylic acids is 1. The van der Waals surface area contributed by atoms with Crippen LogP contribution in [0, 0.1) is 0 Å². The van der Waals surface area contributed by atoms with Gasteiger partial charge in [-0.15, -0.1) is 0 Å². The maximum absolute atomic E-state index is 11.8. The van der Waals surface area contributed by atoms with Crippen LogP contribution in [0.2, 0.25) is 0 Å². The molecule has 0 aromatic carbocycles. The first-order valence-electron chi connectivity index (χ1n) is 5.50. The van der Waals surface area contributed by atoms with Gasteiger partial charge in [0.25, 0.3) is 0 Å². The van der Waals surface area contributed by atoms with E-state index in [0.717, 1.165) is 0 Å². The summed E-state index contributed by atoms with van der Waals surface area (Å²) in [7, 11) is 0. The molecule has 0 atom stereocenters. The van der Waals surface area contributed by atoms with E-state index in [1.165, 1.54) is 18.7 Å². The van der Waals surface area contributed by atoms with Gasteiger partial charge >= 0.3 is 5.97 Å². The van der Waals surface area contributed by atoms with Crippen LogP contribution >= 0.6 is 0 Å². The van der Waals surface area contributed by atoms with Crippen LogP contribution in [0.15, 0.2) is 0 Å². The summed E-state index contributed by atoms with van der Waals surface area (Å²) in [5.41, 5.74) is -1.16. The van der Waals surface area contributed by atoms with Crippen LogP contribution in [0.5, 0.6) is 0 Å². The first-order chi connectivity index (χ1) is 7.23. The van der Waals surface area contributed by atoms with Gasteiger partial charge < -0.3 is 15.3 Å². The molecule has 0 aromatic rings. The van der Waals surface area contributed by atoms with E-state index in [1.807, 2.05) is 13.8 Å². The fourth-order valence-electron chi connectivity index (χ4n) is 1.39. The first kappa shape index (κ1) is 14.9. The zero-order valence-electron chi connectivity index (χ0n) is 10.7. The number of carbonyl (C=O) groups is 2. The van der Waals surface area contributed by atoms with Crippen LogP contribution in [0.4, 0.5) is 0 Å². The molecule has 0 heterocycles. The Morgan fingerprint density at radius 2 is 1.88 bits per heavy atom. The summed E-state index contributed by atoms with van der Waals surface area (Å²) in [6.07, 6.45) is 0. The van der Waals surface area contributed by atoms with E-state index in [2.05, 4.69) is 5.32 Å². The Bertz CT molecular complexity index is 262. The highest BCUT2D eigenvalue weighted by Gasteiger charge is 2.36. The number of carboxylic acid groups (broad SMARTS) is 1. The van der Waals surface area contributed by atoms with E-state index < -0.39 is 11.5 Å². The molecule has 0 aromatic heterocycles. The van der Waals surface area contributed by atoms with Crippen molar-refractivity contribution in [3.05, 3.63) is 0 Å². The third kappa shape index (κ3) is 3.81. The second-order valence-electron chi connectivity index (χ2n) is 4.54. The van der Waals surface area contributed by atoms with Gasteiger partial charge in [0.1, 0.15) is 5.54 Å². The molecule has 0 aliphatic heterocycles. The van der Waals surface area contributed by atoms with Crippen molar-refractivity contribution in [1.82, 2.24) is 10.2 Å². The van der Waals surface area contributed by atoms with Gasteiger partial charge in [-0.3, -0.25) is 4.79 Å². The number of aliphatic carboxylic acids is 1. The lowest BCUT2D eigenvalue weighted by atomic mass is 10.0. The molecule has 5 nitrogen and oxygen atoms in total. The zero-order valence-corrected chi connectivity index (χ0v) is 10.7. The molecule has 0 bridgehead atoms. The maximum atomic E-state index is 11.8. The Morgan fingerprint density at radius 1 is 1.38 bits per heavy atom. The van der Waals surface area contributed by atoms with Crippen molar-refractivity contribution < 1.29 is 14.7 Å². The van der Waals surface area contributed by atoms with E-state index in [1.54, 1.807) is 6.92 Å². The highest BCUT2D eigenvalue weighted by Crippen LogP contribution is 2.14. The number of nitrogens with zero attached hydrogens (tertiary/aromatic N) is 1. The molecule has 16 heavy (non-hydrogen) atoms. The van der Waals surface area contributed by atoms with Gasteiger partial charge in [-0.05, 0) is 20.8 Å². The molecule has 0 spiro atoms. The Labute approximate surface area is 96.8 Å². The zero-order chi connectivity index (χ0) is 12.9. The molecule has 0 aliphatic rings. The third-order valence-corrected chi connectivity index (χ3v) is 2.48. The minimum atomic E-state index is -1.16. The molecule has 0 fully saturated rings. The molecule has 0 unspecified atom stereocenters. The normalized spacial score (nSPS) is 11.6. The van der Waals surface area contributed by atoms with Crippen LogP contribution in [0.3, 0.4) is 0 Å². The second-order valence-corrected chi connectivity index (χ2v) is 4.54. The average Bonchev–Trinajstić information content (AvgIpc) is 2.15. The number of likely N-dealkylation sites (N-methyl/N-ethyl adjacent to an activating group) is 1.